The number of aromatic amines is 1. The monoisotopic (exact) mass is 354 g/mol. The predicted octanol–water partition coefficient (Wildman–Crippen LogP) is 3.36. The molecule has 0 aliphatic heterocycles. The van der Waals surface area contributed by atoms with Crippen LogP contribution in [0.4, 0.5) is 0 Å². The highest BCUT2D eigenvalue weighted by atomic mass is 32.1. The molecule has 25 heavy (non-hydrogen) atoms. The van der Waals surface area contributed by atoms with E-state index < -0.39 is 0 Å². The van der Waals surface area contributed by atoms with Gasteiger partial charge in [0.1, 0.15) is 10.7 Å². The summed E-state index contributed by atoms with van der Waals surface area (Å²) in [4.78, 5) is 26.8. The normalized spacial score (nSPS) is 18.2. The Balaban J connectivity index is 1.61. The number of aromatic nitrogens is 3. The summed E-state index contributed by atoms with van der Waals surface area (Å²) in [6.07, 6.45) is 6.82. The van der Waals surface area contributed by atoms with Gasteiger partial charge in [-0.05, 0) is 49.3 Å². The molecule has 5 nitrogen and oxygen atoms in total. The van der Waals surface area contributed by atoms with Gasteiger partial charge in [0.15, 0.2) is 0 Å². The summed E-state index contributed by atoms with van der Waals surface area (Å²) in [5.74, 6) is 1.40. The highest BCUT2D eigenvalue weighted by Crippen LogP contribution is 2.35. The molecule has 6 heteroatoms. The average molecular weight is 354 g/mol. The second-order valence-electron chi connectivity index (χ2n) is 6.95. The smallest absolute Gasteiger partial charge is 0.259 e. The first-order valence-electron chi connectivity index (χ1n) is 8.78. The summed E-state index contributed by atoms with van der Waals surface area (Å²) in [5.41, 5.74) is 2.34. The first kappa shape index (κ1) is 16.4. The quantitative estimate of drug-likeness (QED) is 0.754. The Hall–Kier alpha value is -2.05. The second-order valence-corrected chi connectivity index (χ2v) is 8.03. The van der Waals surface area contributed by atoms with E-state index >= 15 is 0 Å². The third-order valence-electron chi connectivity index (χ3n) is 4.93. The van der Waals surface area contributed by atoms with Crippen molar-refractivity contribution in [2.24, 2.45) is 5.92 Å². The van der Waals surface area contributed by atoms with Gasteiger partial charge in [-0.15, -0.1) is 11.3 Å². The first-order chi connectivity index (χ1) is 12.1. The van der Waals surface area contributed by atoms with Gasteiger partial charge in [-0.3, -0.25) is 9.78 Å². The fourth-order valence-corrected chi connectivity index (χ4v) is 4.83. The Morgan fingerprint density at radius 2 is 2.36 bits per heavy atom. The molecule has 0 saturated heterocycles. The van der Waals surface area contributed by atoms with Crippen LogP contribution in [-0.4, -0.2) is 15.0 Å². The number of pyridine rings is 1. The number of fused-ring (bicyclic) bond motifs is 3. The van der Waals surface area contributed by atoms with Gasteiger partial charge in [0, 0.05) is 23.8 Å². The molecule has 1 aliphatic rings. The lowest BCUT2D eigenvalue weighted by Crippen LogP contribution is -2.23. The van der Waals surface area contributed by atoms with E-state index in [4.69, 9.17) is 4.98 Å². The molecule has 0 radical (unpaired) electrons. The van der Waals surface area contributed by atoms with E-state index in [1.54, 1.807) is 17.5 Å². The van der Waals surface area contributed by atoms with E-state index in [1.165, 1.54) is 10.4 Å². The van der Waals surface area contributed by atoms with Crippen molar-refractivity contribution in [2.45, 2.75) is 45.7 Å². The SMILES string of the molecule is C[C@@H]1CCc2c(sc3nc([C@@H](C)NCc4cccnc4)[nH]c(=O)c23)C1. The summed E-state index contributed by atoms with van der Waals surface area (Å²) in [6, 6.07) is 3.92. The molecule has 0 unspecified atom stereocenters. The molecule has 3 aromatic rings. The van der Waals surface area contributed by atoms with Gasteiger partial charge < -0.3 is 10.3 Å². The summed E-state index contributed by atoms with van der Waals surface area (Å²) in [6.45, 7) is 4.99. The van der Waals surface area contributed by atoms with Crippen molar-refractivity contribution in [1.29, 1.82) is 0 Å². The minimum Gasteiger partial charge on any atom is -0.309 e. The molecule has 4 rings (SSSR count). The third kappa shape index (κ3) is 3.24. The van der Waals surface area contributed by atoms with E-state index in [9.17, 15) is 4.79 Å². The number of nitrogens with zero attached hydrogens (tertiary/aromatic N) is 2. The maximum Gasteiger partial charge on any atom is 0.259 e. The predicted molar refractivity (Wildman–Crippen MR) is 101 cm³/mol. The zero-order valence-corrected chi connectivity index (χ0v) is 15.3. The summed E-state index contributed by atoms with van der Waals surface area (Å²) in [7, 11) is 0. The van der Waals surface area contributed by atoms with Crippen LogP contribution in [-0.2, 0) is 19.4 Å². The molecule has 0 amide bonds. The minimum atomic E-state index is -0.0321. The largest absolute Gasteiger partial charge is 0.309 e. The maximum absolute atomic E-state index is 12.7. The van der Waals surface area contributed by atoms with Crippen LogP contribution in [0.1, 0.15) is 48.1 Å². The molecule has 0 bridgehead atoms. The number of H-pyrrole nitrogens is 1. The Morgan fingerprint density at radius 3 is 3.16 bits per heavy atom. The van der Waals surface area contributed by atoms with Crippen LogP contribution in [0.2, 0.25) is 0 Å². The van der Waals surface area contributed by atoms with Crippen LogP contribution in [0.5, 0.6) is 0 Å². The summed E-state index contributed by atoms with van der Waals surface area (Å²) in [5, 5.41) is 4.22. The van der Waals surface area contributed by atoms with Gasteiger partial charge in [0.2, 0.25) is 0 Å². The Kier molecular flexibility index (Phi) is 4.39. The van der Waals surface area contributed by atoms with E-state index in [0.717, 1.165) is 35.0 Å². The fourth-order valence-electron chi connectivity index (χ4n) is 3.44. The van der Waals surface area contributed by atoms with Crippen molar-refractivity contribution in [3.63, 3.8) is 0 Å². The Bertz CT molecular complexity index is 947. The number of hydrogen-bond donors (Lipinski definition) is 2. The van der Waals surface area contributed by atoms with Crippen molar-refractivity contribution in [2.75, 3.05) is 0 Å². The van der Waals surface area contributed by atoms with Gasteiger partial charge >= 0.3 is 0 Å². The maximum atomic E-state index is 12.7. The highest BCUT2D eigenvalue weighted by molar-refractivity contribution is 7.18. The van der Waals surface area contributed by atoms with E-state index in [2.05, 4.69) is 22.2 Å². The van der Waals surface area contributed by atoms with Crippen LogP contribution in [0, 0.1) is 5.92 Å². The van der Waals surface area contributed by atoms with E-state index in [-0.39, 0.29) is 11.6 Å². The molecule has 2 atom stereocenters. The van der Waals surface area contributed by atoms with Gasteiger partial charge in [-0.2, -0.15) is 0 Å². The van der Waals surface area contributed by atoms with Gasteiger partial charge in [-0.25, -0.2) is 4.98 Å². The van der Waals surface area contributed by atoms with Crippen LogP contribution in [0.3, 0.4) is 0 Å². The van der Waals surface area contributed by atoms with Crippen LogP contribution < -0.4 is 10.9 Å². The number of thiophene rings is 1. The number of aryl methyl sites for hydroxylation is 1. The fraction of sp³-hybridized carbons (Fsp3) is 0.421. The Morgan fingerprint density at radius 1 is 1.48 bits per heavy atom. The summed E-state index contributed by atoms with van der Waals surface area (Å²) < 4.78 is 0. The number of nitrogens with one attached hydrogen (secondary N) is 2. The molecule has 3 aromatic heterocycles. The number of hydrogen-bond acceptors (Lipinski definition) is 5. The molecule has 0 aromatic carbocycles. The standard InChI is InChI=1S/C19H22N4OS/c1-11-5-6-14-15(8-11)25-19-16(14)18(24)22-17(23-19)12(2)21-10-13-4-3-7-20-9-13/h3-4,7,9,11-12,21H,5-6,8,10H2,1-2H3,(H,22,23,24)/t11-,12-/m1/s1. The highest BCUT2D eigenvalue weighted by Gasteiger charge is 2.23. The topological polar surface area (TPSA) is 70.7 Å². The molecule has 0 spiro atoms. The average Bonchev–Trinajstić information content (AvgIpc) is 2.98. The molecule has 1 aliphatic carbocycles. The van der Waals surface area contributed by atoms with Crippen molar-refractivity contribution >= 4 is 21.6 Å². The molecule has 0 fully saturated rings. The van der Waals surface area contributed by atoms with Gasteiger partial charge in [0.05, 0.1) is 11.4 Å². The van der Waals surface area contributed by atoms with E-state index in [0.29, 0.717) is 18.3 Å². The lowest BCUT2D eigenvalue weighted by Gasteiger charge is -2.17. The van der Waals surface area contributed by atoms with Crippen molar-refractivity contribution in [3.8, 4) is 0 Å². The van der Waals surface area contributed by atoms with Crippen molar-refractivity contribution < 1.29 is 0 Å². The van der Waals surface area contributed by atoms with Crippen LogP contribution >= 0.6 is 11.3 Å². The number of rotatable bonds is 4. The zero-order chi connectivity index (χ0) is 17.4. The molecular weight excluding hydrogens is 332 g/mol. The van der Waals surface area contributed by atoms with Crippen LogP contribution in [0.25, 0.3) is 10.2 Å². The Labute approximate surface area is 150 Å². The lowest BCUT2D eigenvalue weighted by atomic mass is 9.89. The second kappa shape index (κ2) is 6.69. The van der Waals surface area contributed by atoms with Gasteiger partial charge in [-0.1, -0.05) is 13.0 Å². The molecule has 2 N–H and O–H groups in total. The molecular formula is C19H22N4OS. The van der Waals surface area contributed by atoms with Crippen LogP contribution in [0.15, 0.2) is 29.3 Å². The van der Waals surface area contributed by atoms with Crippen molar-refractivity contribution in [3.05, 3.63) is 56.7 Å². The zero-order valence-electron chi connectivity index (χ0n) is 14.5. The summed E-state index contributed by atoms with van der Waals surface area (Å²) >= 11 is 1.69. The van der Waals surface area contributed by atoms with Crippen molar-refractivity contribution in [1.82, 2.24) is 20.3 Å². The third-order valence-corrected chi connectivity index (χ3v) is 6.08. The van der Waals surface area contributed by atoms with E-state index in [1.807, 2.05) is 25.3 Å². The van der Waals surface area contributed by atoms with Gasteiger partial charge in [0.25, 0.3) is 5.56 Å². The first-order valence-corrected chi connectivity index (χ1v) is 9.60. The molecule has 3 heterocycles. The minimum absolute atomic E-state index is 0.00193. The molecule has 0 saturated carbocycles. The lowest BCUT2D eigenvalue weighted by molar-refractivity contribution is 0.509. The molecule has 130 valence electrons.